The average Bonchev–Trinajstić information content (AvgIpc) is 3.40. The van der Waals surface area contributed by atoms with Gasteiger partial charge in [-0.25, -0.2) is 4.52 Å². The number of fused-ring (bicyclic) bond motifs is 1. The van der Waals surface area contributed by atoms with Gasteiger partial charge in [-0.3, -0.25) is 4.79 Å². The molecule has 8 nitrogen and oxygen atoms in total. The highest BCUT2D eigenvalue weighted by atomic mass is 35.5. The number of hydrogen-bond acceptors (Lipinski definition) is 6. The first kappa shape index (κ1) is 23.3. The van der Waals surface area contributed by atoms with Crippen LogP contribution in [0.5, 0.6) is 0 Å². The predicted molar refractivity (Wildman–Crippen MR) is 117 cm³/mol. The van der Waals surface area contributed by atoms with Crippen molar-refractivity contribution in [2.75, 3.05) is 13.1 Å². The van der Waals surface area contributed by atoms with Crippen LogP contribution >= 0.6 is 24.0 Å². The van der Waals surface area contributed by atoms with Gasteiger partial charge in [0, 0.05) is 17.5 Å². The van der Waals surface area contributed by atoms with Crippen molar-refractivity contribution in [3.63, 3.8) is 0 Å². The predicted octanol–water partition coefficient (Wildman–Crippen LogP) is 4.30. The zero-order chi connectivity index (χ0) is 22.5. The summed E-state index contributed by atoms with van der Waals surface area (Å²) in [5.74, 6) is 0.261. The van der Waals surface area contributed by atoms with Crippen molar-refractivity contribution in [1.29, 1.82) is 0 Å². The van der Waals surface area contributed by atoms with E-state index < -0.39 is 11.7 Å². The molecular formula is C20H17Cl2F3N6O2. The number of halogens is 5. The standard InChI is InChI=1S/C20H16ClF3N6O2.ClH/c21-14-7-11(20(22,23)24)1-2-12(14)17-28-19(32-29-17)13-9-26-30-15(8-16(31)27-18(13)30)10-3-5-25-6-4-10;/h1-2,7-10,25H,3-6H2,(H,27,31);1H. The molecule has 1 saturated heterocycles. The van der Waals surface area contributed by atoms with E-state index >= 15 is 0 Å². The minimum Gasteiger partial charge on any atom is -0.333 e. The summed E-state index contributed by atoms with van der Waals surface area (Å²) in [5.41, 5.74) is 0.635. The molecule has 3 aromatic heterocycles. The maximum atomic E-state index is 12.9. The summed E-state index contributed by atoms with van der Waals surface area (Å²) in [6.45, 7) is 1.71. The number of nitrogens with one attached hydrogen (secondary N) is 2. The first-order valence-corrected chi connectivity index (χ1v) is 10.2. The number of hydrogen-bond donors (Lipinski definition) is 2. The Kier molecular flexibility index (Phi) is 6.21. The highest BCUT2D eigenvalue weighted by Gasteiger charge is 2.31. The van der Waals surface area contributed by atoms with Crippen molar-refractivity contribution in [3.8, 4) is 22.8 Å². The number of rotatable bonds is 3. The molecule has 1 aliphatic heterocycles. The minimum absolute atomic E-state index is 0. The fraction of sp³-hybridized carbons (Fsp3) is 0.300. The SMILES string of the molecule is Cl.O=c1cc(C2CCNCC2)n2ncc(-c3nc(-c4ccc(C(F)(F)F)cc4Cl)no3)c2[nH]1. The molecule has 174 valence electrons. The van der Waals surface area contributed by atoms with Gasteiger partial charge in [0.2, 0.25) is 5.82 Å². The minimum atomic E-state index is -4.51. The largest absolute Gasteiger partial charge is 0.416 e. The number of H-pyrrole nitrogens is 1. The van der Waals surface area contributed by atoms with Crippen LogP contribution in [0, 0.1) is 0 Å². The Balaban J connectivity index is 0.00000259. The second-order valence-corrected chi connectivity index (χ2v) is 7.92. The Hall–Kier alpha value is -2.89. The van der Waals surface area contributed by atoms with Crippen LogP contribution in [0.15, 0.2) is 39.8 Å². The second kappa shape index (κ2) is 8.81. The van der Waals surface area contributed by atoms with E-state index in [4.69, 9.17) is 16.1 Å². The number of alkyl halides is 3. The molecule has 4 aromatic rings. The Morgan fingerprint density at radius 2 is 1.91 bits per heavy atom. The Morgan fingerprint density at radius 1 is 1.15 bits per heavy atom. The van der Waals surface area contributed by atoms with Crippen molar-refractivity contribution < 1.29 is 17.7 Å². The Morgan fingerprint density at radius 3 is 2.61 bits per heavy atom. The van der Waals surface area contributed by atoms with Gasteiger partial charge in [-0.05, 0) is 44.1 Å². The zero-order valence-corrected chi connectivity index (χ0v) is 18.4. The molecule has 13 heteroatoms. The van der Waals surface area contributed by atoms with Crippen molar-refractivity contribution in [2.45, 2.75) is 24.9 Å². The topological polar surface area (TPSA) is 101 Å². The maximum Gasteiger partial charge on any atom is 0.416 e. The molecule has 0 saturated carbocycles. The molecule has 0 spiro atoms. The molecule has 0 aliphatic carbocycles. The lowest BCUT2D eigenvalue weighted by atomic mass is 9.94. The monoisotopic (exact) mass is 500 g/mol. The second-order valence-electron chi connectivity index (χ2n) is 7.52. The molecule has 1 aliphatic rings. The smallest absolute Gasteiger partial charge is 0.333 e. The van der Waals surface area contributed by atoms with Crippen molar-refractivity contribution in [1.82, 2.24) is 30.1 Å². The van der Waals surface area contributed by atoms with E-state index in [-0.39, 0.29) is 46.2 Å². The third-order valence-electron chi connectivity index (χ3n) is 5.49. The van der Waals surface area contributed by atoms with E-state index in [1.54, 1.807) is 10.6 Å². The van der Waals surface area contributed by atoms with Gasteiger partial charge in [0.05, 0.1) is 22.5 Å². The molecule has 2 N–H and O–H groups in total. The van der Waals surface area contributed by atoms with Crippen LogP contribution in [0.25, 0.3) is 28.5 Å². The highest BCUT2D eigenvalue weighted by molar-refractivity contribution is 6.33. The Bertz CT molecular complexity index is 1360. The third-order valence-corrected chi connectivity index (χ3v) is 5.80. The first-order chi connectivity index (χ1) is 15.3. The summed E-state index contributed by atoms with van der Waals surface area (Å²) < 4.78 is 45.6. The van der Waals surface area contributed by atoms with Gasteiger partial charge in [-0.1, -0.05) is 16.8 Å². The van der Waals surface area contributed by atoms with Crippen molar-refractivity contribution in [2.24, 2.45) is 0 Å². The fourth-order valence-electron chi connectivity index (χ4n) is 3.89. The normalized spacial score (nSPS) is 15.0. The van der Waals surface area contributed by atoms with E-state index in [0.717, 1.165) is 43.8 Å². The third kappa shape index (κ3) is 4.35. The molecular weight excluding hydrogens is 484 g/mol. The van der Waals surface area contributed by atoms with Gasteiger partial charge in [0.15, 0.2) is 0 Å². The van der Waals surface area contributed by atoms with Crippen LogP contribution < -0.4 is 10.9 Å². The molecule has 4 heterocycles. The number of nitrogens with zero attached hydrogens (tertiary/aromatic N) is 4. The Labute approximate surface area is 195 Å². The van der Waals surface area contributed by atoms with Gasteiger partial charge in [0.25, 0.3) is 11.4 Å². The molecule has 0 bridgehead atoms. The quantitative estimate of drug-likeness (QED) is 0.434. The fourth-order valence-corrected chi connectivity index (χ4v) is 4.16. The molecule has 0 amide bonds. The van der Waals surface area contributed by atoms with Gasteiger partial charge in [-0.2, -0.15) is 23.3 Å². The van der Waals surface area contributed by atoms with Crippen molar-refractivity contribution in [3.05, 3.63) is 57.1 Å². The van der Waals surface area contributed by atoms with Crippen LogP contribution in [0.3, 0.4) is 0 Å². The van der Waals surface area contributed by atoms with Crippen LogP contribution in [-0.2, 0) is 6.18 Å². The summed E-state index contributed by atoms with van der Waals surface area (Å²) in [6, 6.07) is 4.44. The summed E-state index contributed by atoms with van der Waals surface area (Å²) in [5, 5.41) is 11.4. The van der Waals surface area contributed by atoms with Crippen LogP contribution in [0.4, 0.5) is 13.2 Å². The van der Waals surface area contributed by atoms with E-state index in [0.29, 0.717) is 11.2 Å². The van der Waals surface area contributed by atoms with Gasteiger partial charge < -0.3 is 14.8 Å². The maximum absolute atomic E-state index is 12.9. The van der Waals surface area contributed by atoms with Crippen LogP contribution in [-0.4, -0.2) is 37.8 Å². The molecule has 0 atom stereocenters. The number of benzene rings is 1. The van der Waals surface area contributed by atoms with E-state index in [2.05, 4.69) is 25.5 Å². The average molecular weight is 501 g/mol. The summed E-state index contributed by atoms with van der Waals surface area (Å²) in [4.78, 5) is 19.3. The number of aromatic amines is 1. The van der Waals surface area contributed by atoms with Gasteiger partial charge in [-0.15, -0.1) is 12.4 Å². The number of aromatic nitrogens is 5. The molecule has 0 radical (unpaired) electrons. The molecule has 5 rings (SSSR count). The molecule has 33 heavy (non-hydrogen) atoms. The van der Waals surface area contributed by atoms with E-state index in [1.165, 1.54) is 12.3 Å². The lowest BCUT2D eigenvalue weighted by molar-refractivity contribution is -0.137. The molecule has 1 aromatic carbocycles. The first-order valence-electron chi connectivity index (χ1n) is 9.84. The lowest BCUT2D eigenvalue weighted by Gasteiger charge is -2.23. The van der Waals surface area contributed by atoms with E-state index in [9.17, 15) is 18.0 Å². The molecule has 0 unspecified atom stereocenters. The summed E-state index contributed by atoms with van der Waals surface area (Å²) in [6.07, 6.45) is -1.25. The van der Waals surface area contributed by atoms with Crippen LogP contribution in [0.2, 0.25) is 5.02 Å². The number of piperidine rings is 1. The van der Waals surface area contributed by atoms with Gasteiger partial charge >= 0.3 is 6.18 Å². The van der Waals surface area contributed by atoms with Crippen molar-refractivity contribution >= 4 is 29.7 Å². The summed E-state index contributed by atoms with van der Waals surface area (Å²) >= 11 is 6.04. The van der Waals surface area contributed by atoms with Gasteiger partial charge in [0.1, 0.15) is 11.2 Å². The highest BCUT2D eigenvalue weighted by Crippen LogP contribution is 2.35. The molecule has 1 fully saturated rings. The summed E-state index contributed by atoms with van der Waals surface area (Å²) in [7, 11) is 0. The lowest BCUT2D eigenvalue weighted by Crippen LogP contribution is -2.28. The van der Waals surface area contributed by atoms with Crippen LogP contribution in [0.1, 0.15) is 30.0 Å². The zero-order valence-electron chi connectivity index (χ0n) is 16.8. The van der Waals surface area contributed by atoms with E-state index in [1.807, 2.05) is 0 Å².